The van der Waals surface area contributed by atoms with Crippen molar-refractivity contribution < 1.29 is 13.9 Å². The van der Waals surface area contributed by atoms with E-state index in [2.05, 4.69) is 15.2 Å². The number of benzene rings is 2. The first-order valence-corrected chi connectivity index (χ1v) is 9.56. The van der Waals surface area contributed by atoms with Crippen LogP contribution in [0.25, 0.3) is 11.3 Å². The van der Waals surface area contributed by atoms with Crippen molar-refractivity contribution in [2.45, 2.75) is 25.1 Å². The van der Waals surface area contributed by atoms with Crippen molar-refractivity contribution in [1.29, 1.82) is 0 Å². The van der Waals surface area contributed by atoms with E-state index in [0.717, 1.165) is 17.7 Å². The molecule has 0 unspecified atom stereocenters. The number of aliphatic hydroxyl groups is 1. The normalized spacial score (nSPS) is 14.4. The molecular weight excluding hydrogens is 412 g/mol. The highest BCUT2D eigenvalue weighted by atomic mass is 35.5. The Morgan fingerprint density at radius 2 is 1.87 bits per heavy atom. The summed E-state index contributed by atoms with van der Waals surface area (Å²) in [5, 5.41) is 20.7. The van der Waals surface area contributed by atoms with E-state index in [-0.39, 0.29) is 12.1 Å². The molecule has 0 bridgehead atoms. The van der Waals surface area contributed by atoms with Crippen LogP contribution >= 0.6 is 11.6 Å². The number of nitrogens with zero attached hydrogens (tertiary/aromatic N) is 5. The summed E-state index contributed by atoms with van der Waals surface area (Å²) in [4.78, 5) is 3.88. The van der Waals surface area contributed by atoms with Crippen LogP contribution in [0.5, 0.6) is 0 Å². The van der Waals surface area contributed by atoms with Gasteiger partial charge >= 0.3 is 0 Å². The molecule has 0 spiro atoms. The maximum atomic E-state index is 14.8. The SMILES string of the molecule is C[C@@H](n1nccc1-c1ccc(Cl)cc1)[C@](O)(Cn1cncn1)c1ccc(F)cc1F. The minimum atomic E-state index is -1.81. The van der Waals surface area contributed by atoms with Crippen molar-refractivity contribution in [1.82, 2.24) is 24.5 Å². The topological polar surface area (TPSA) is 68.8 Å². The lowest BCUT2D eigenvalue weighted by Gasteiger charge is -2.35. The van der Waals surface area contributed by atoms with Gasteiger partial charge in [0.2, 0.25) is 0 Å². The van der Waals surface area contributed by atoms with Gasteiger partial charge in [0.05, 0.1) is 18.3 Å². The van der Waals surface area contributed by atoms with Crippen molar-refractivity contribution in [3.8, 4) is 11.3 Å². The van der Waals surface area contributed by atoms with E-state index in [9.17, 15) is 13.9 Å². The zero-order valence-electron chi connectivity index (χ0n) is 16.0. The van der Waals surface area contributed by atoms with Crippen molar-refractivity contribution in [3.63, 3.8) is 0 Å². The Hall–Kier alpha value is -3.10. The quantitative estimate of drug-likeness (QED) is 0.498. The molecule has 0 amide bonds. The minimum absolute atomic E-state index is 0.0653. The lowest BCUT2D eigenvalue weighted by atomic mass is 9.86. The summed E-state index contributed by atoms with van der Waals surface area (Å²) in [5.41, 5.74) is -0.340. The Balaban J connectivity index is 1.82. The van der Waals surface area contributed by atoms with Gasteiger partial charge in [0, 0.05) is 22.8 Å². The number of rotatable bonds is 6. The van der Waals surface area contributed by atoms with E-state index in [0.29, 0.717) is 10.7 Å². The van der Waals surface area contributed by atoms with Gasteiger partial charge in [-0.3, -0.25) is 4.68 Å². The highest BCUT2D eigenvalue weighted by Gasteiger charge is 2.41. The Bertz CT molecular complexity index is 1150. The van der Waals surface area contributed by atoms with Gasteiger partial charge in [0.1, 0.15) is 29.9 Å². The van der Waals surface area contributed by atoms with E-state index in [1.807, 2.05) is 12.1 Å². The second-order valence-corrected chi connectivity index (χ2v) is 7.42. The van der Waals surface area contributed by atoms with Crippen LogP contribution in [-0.4, -0.2) is 29.7 Å². The number of hydrogen-bond acceptors (Lipinski definition) is 4. The minimum Gasteiger partial charge on any atom is -0.381 e. The lowest BCUT2D eigenvalue weighted by Crippen LogP contribution is -2.41. The Labute approximate surface area is 176 Å². The number of halogens is 3. The monoisotopic (exact) mass is 429 g/mol. The molecule has 0 aliphatic rings. The average molecular weight is 430 g/mol. The molecule has 154 valence electrons. The van der Waals surface area contributed by atoms with E-state index in [1.165, 1.54) is 23.4 Å². The molecule has 4 aromatic rings. The van der Waals surface area contributed by atoms with Crippen LogP contribution in [0.3, 0.4) is 0 Å². The molecule has 0 aliphatic heterocycles. The summed E-state index contributed by atoms with van der Waals surface area (Å²) in [7, 11) is 0. The van der Waals surface area contributed by atoms with Gasteiger partial charge in [0.25, 0.3) is 0 Å². The first-order chi connectivity index (χ1) is 14.4. The highest BCUT2D eigenvalue weighted by Crippen LogP contribution is 2.38. The van der Waals surface area contributed by atoms with Crippen LogP contribution in [0, 0.1) is 11.6 Å². The maximum absolute atomic E-state index is 14.8. The van der Waals surface area contributed by atoms with Crippen LogP contribution in [0.2, 0.25) is 5.02 Å². The molecule has 4 rings (SSSR count). The zero-order chi connectivity index (χ0) is 21.3. The Morgan fingerprint density at radius 1 is 1.10 bits per heavy atom. The molecule has 30 heavy (non-hydrogen) atoms. The summed E-state index contributed by atoms with van der Waals surface area (Å²) in [6, 6.07) is 11.3. The average Bonchev–Trinajstić information content (AvgIpc) is 3.39. The zero-order valence-corrected chi connectivity index (χ0v) is 16.7. The number of hydrogen-bond donors (Lipinski definition) is 1. The summed E-state index contributed by atoms with van der Waals surface area (Å²) in [6.07, 6.45) is 4.33. The van der Waals surface area contributed by atoms with E-state index >= 15 is 0 Å². The van der Waals surface area contributed by atoms with E-state index < -0.39 is 23.3 Å². The molecule has 0 saturated heterocycles. The first kappa shape index (κ1) is 20.2. The molecule has 9 heteroatoms. The van der Waals surface area contributed by atoms with Gasteiger partial charge in [-0.1, -0.05) is 29.8 Å². The number of aromatic nitrogens is 5. The van der Waals surface area contributed by atoms with Crippen LogP contribution in [-0.2, 0) is 12.1 Å². The fraction of sp³-hybridized carbons (Fsp3) is 0.190. The third-order valence-electron chi connectivity index (χ3n) is 5.14. The van der Waals surface area contributed by atoms with Crippen LogP contribution in [0.1, 0.15) is 18.5 Å². The molecule has 0 radical (unpaired) electrons. The van der Waals surface area contributed by atoms with Crippen LogP contribution in [0.4, 0.5) is 8.78 Å². The fourth-order valence-electron chi connectivity index (χ4n) is 3.52. The van der Waals surface area contributed by atoms with Crippen molar-refractivity contribution in [2.24, 2.45) is 0 Å². The lowest BCUT2D eigenvalue weighted by molar-refractivity contribution is -0.0363. The highest BCUT2D eigenvalue weighted by molar-refractivity contribution is 6.30. The van der Waals surface area contributed by atoms with Gasteiger partial charge in [-0.15, -0.1) is 0 Å². The fourth-order valence-corrected chi connectivity index (χ4v) is 3.64. The Kier molecular flexibility index (Phi) is 5.36. The Morgan fingerprint density at radius 3 is 2.53 bits per heavy atom. The smallest absolute Gasteiger partial charge is 0.137 e. The van der Waals surface area contributed by atoms with Gasteiger partial charge < -0.3 is 5.11 Å². The molecule has 0 saturated carbocycles. The second-order valence-electron chi connectivity index (χ2n) is 6.99. The first-order valence-electron chi connectivity index (χ1n) is 9.18. The summed E-state index contributed by atoms with van der Waals surface area (Å²) in [5.74, 6) is -1.59. The van der Waals surface area contributed by atoms with E-state index in [1.54, 1.807) is 36.0 Å². The summed E-state index contributed by atoms with van der Waals surface area (Å²) >= 11 is 5.99. The van der Waals surface area contributed by atoms with Gasteiger partial charge in [0.15, 0.2) is 0 Å². The molecule has 2 aromatic heterocycles. The molecule has 1 N–H and O–H groups in total. The molecule has 6 nitrogen and oxygen atoms in total. The molecule has 0 aliphatic carbocycles. The van der Waals surface area contributed by atoms with Crippen molar-refractivity contribution in [2.75, 3.05) is 0 Å². The molecule has 0 fully saturated rings. The molecule has 2 aromatic carbocycles. The molecular formula is C21H18ClF2N5O. The van der Waals surface area contributed by atoms with Gasteiger partial charge in [-0.2, -0.15) is 10.2 Å². The predicted molar refractivity (Wildman–Crippen MR) is 108 cm³/mol. The third-order valence-corrected chi connectivity index (χ3v) is 5.39. The van der Waals surface area contributed by atoms with Crippen molar-refractivity contribution >= 4 is 11.6 Å². The third kappa shape index (κ3) is 3.71. The standard InChI is InChI=1S/C21H18ClF2N5O/c1-14(29-20(8-9-26-29)15-2-4-16(22)5-3-15)21(30,11-28-13-25-12-27-28)18-7-6-17(23)10-19(18)24/h2-10,12-14,30H,11H2,1H3/t14-,21-/m1/s1. The van der Waals surface area contributed by atoms with E-state index in [4.69, 9.17) is 11.6 Å². The maximum Gasteiger partial charge on any atom is 0.137 e. The summed E-state index contributed by atoms with van der Waals surface area (Å²) < 4.78 is 31.3. The predicted octanol–water partition coefficient (Wildman–Crippen LogP) is 4.22. The second kappa shape index (κ2) is 7.97. The van der Waals surface area contributed by atoms with Gasteiger partial charge in [-0.25, -0.2) is 18.4 Å². The van der Waals surface area contributed by atoms with Crippen LogP contribution < -0.4 is 0 Å². The van der Waals surface area contributed by atoms with Crippen molar-refractivity contribution in [3.05, 3.63) is 89.6 Å². The molecule has 2 atom stereocenters. The molecule has 2 heterocycles. The van der Waals surface area contributed by atoms with Crippen LogP contribution in [0.15, 0.2) is 67.4 Å². The summed E-state index contributed by atoms with van der Waals surface area (Å²) in [6.45, 7) is 1.60. The van der Waals surface area contributed by atoms with Gasteiger partial charge in [-0.05, 0) is 36.8 Å². The largest absolute Gasteiger partial charge is 0.381 e.